The monoisotopic (exact) mass is 282 g/mol. The first kappa shape index (κ1) is 14.0. The smallest absolute Gasteiger partial charge is 0.119 e. The topological polar surface area (TPSA) is 24.5 Å². The second kappa shape index (κ2) is 7.14. The van der Waals surface area contributed by atoms with Crippen LogP contribution in [0.4, 0.5) is 5.69 Å². The molecule has 0 saturated carbocycles. The molecule has 1 saturated heterocycles. The Labute approximate surface area is 126 Å². The van der Waals surface area contributed by atoms with Crippen LogP contribution < -0.4 is 15.0 Å². The zero-order chi connectivity index (χ0) is 14.3. The van der Waals surface area contributed by atoms with Crippen molar-refractivity contribution in [2.24, 2.45) is 0 Å². The van der Waals surface area contributed by atoms with Crippen LogP contribution in [0.5, 0.6) is 5.75 Å². The third-order valence-corrected chi connectivity index (χ3v) is 3.79. The minimum absolute atomic E-state index is 0.619. The first-order valence-electron chi connectivity index (χ1n) is 7.64. The van der Waals surface area contributed by atoms with Gasteiger partial charge in [-0.2, -0.15) is 0 Å². The molecule has 0 radical (unpaired) electrons. The Morgan fingerprint density at radius 3 is 2.52 bits per heavy atom. The van der Waals surface area contributed by atoms with Crippen molar-refractivity contribution in [1.82, 2.24) is 5.32 Å². The van der Waals surface area contributed by atoms with Crippen LogP contribution in [-0.2, 0) is 6.61 Å². The molecule has 1 aliphatic heterocycles. The molecule has 0 atom stereocenters. The van der Waals surface area contributed by atoms with Crippen molar-refractivity contribution in [2.75, 3.05) is 31.1 Å². The molecule has 3 heteroatoms. The summed E-state index contributed by atoms with van der Waals surface area (Å²) in [4.78, 5) is 2.43. The molecule has 3 nitrogen and oxygen atoms in total. The van der Waals surface area contributed by atoms with Crippen LogP contribution >= 0.6 is 0 Å². The largest absolute Gasteiger partial charge is 0.489 e. The summed E-state index contributed by atoms with van der Waals surface area (Å²) in [7, 11) is 0. The molecule has 110 valence electrons. The van der Waals surface area contributed by atoms with E-state index in [1.54, 1.807) is 0 Å². The summed E-state index contributed by atoms with van der Waals surface area (Å²) < 4.78 is 5.83. The maximum Gasteiger partial charge on any atom is 0.119 e. The average molecular weight is 282 g/mol. The fourth-order valence-electron chi connectivity index (χ4n) is 2.60. The van der Waals surface area contributed by atoms with Crippen LogP contribution in [0.25, 0.3) is 0 Å². The molecule has 0 aliphatic carbocycles. The zero-order valence-corrected chi connectivity index (χ0v) is 12.3. The molecule has 1 heterocycles. The fraction of sp³-hybridized carbons (Fsp3) is 0.333. The number of anilines is 1. The van der Waals surface area contributed by atoms with Crippen LogP contribution in [0.1, 0.15) is 12.0 Å². The van der Waals surface area contributed by atoms with Gasteiger partial charge in [0.2, 0.25) is 0 Å². The molecule has 0 unspecified atom stereocenters. The van der Waals surface area contributed by atoms with Crippen molar-refractivity contribution >= 4 is 5.69 Å². The van der Waals surface area contributed by atoms with E-state index < -0.39 is 0 Å². The first-order chi connectivity index (χ1) is 10.4. The Hall–Kier alpha value is -2.00. The van der Waals surface area contributed by atoms with Gasteiger partial charge in [-0.15, -0.1) is 0 Å². The lowest BCUT2D eigenvalue weighted by Crippen LogP contribution is -2.27. The standard InChI is InChI=1S/C18H22N2O/c1-2-5-16(6-3-1)15-21-18-9-7-17(8-10-18)20-13-4-11-19-12-14-20/h1-3,5-10,19H,4,11-15H2. The molecule has 21 heavy (non-hydrogen) atoms. The summed E-state index contributed by atoms with van der Waals surface area (Å²) in [5, 5.41) is 3.43. The van der Waals surface area contributed by atoms with E-state index in [0.29, 0.717) is 6.61 Å². The van der Waals surface area contributed by atoms with Crippen molar-refractivity contribution in [1.29, 1.82) is 0 Å². The lowest BCUT2D eigenvalue weighted by Gasteiger charge is -2.22. The highest BCUT2D eigenvalue weighted by Gasteiger charge is 2.09. The van der Waals surface area contributed by atoms with Gasteiger partial charge in [-0.25, -0.2) is 0 Å². The SMILES string of the molecule is c1ccc(COc2ccc(N3CCCNCC3)cc2)cc1. The highest BCUT2D eigenvalue weighted by Crippen LogP contribution is 2.20. The van der Waals surface area contributed by atoms with Gasteiger partial charge < -0.3 is 15.0 Å². The van der Waals surface area contributed by atoms with E-state index in [0.717, 1.165) is 31.9 Å². The number of hydrogen-bond acceptors (Lipinski definition) is 3. The maximum absolute atomic E-state index is 5.83. The van der Waals surface area contributed by atoms with Crippen LogP contribution in [0, 0.1) is 0 Å². The van der Waals surface area contributed by atoms with Gasteiger partial charge in [-0.3, -0.25) is 0 Å². The Balaban J connectivity index is 1.58. The average Bonchev–Trinajstić information content (AvgIpc) is 2.84. The third-order valence-electron chi connectivity index (χ3n) is 3.79. The van der Waals surface area contributed by atoms with Crippen molar-refractivity contribution in [3.05, 3.63) is 60.2 Å². The molecule has 0 spiro atoms. The molecule has 2 aromatic rings. The highest BCUT2D eigenvalue weighted by atomic mass is 16.5. The minimum Gasteiger partial charge on any atom is -0.489 e. The van der Waals surface area contributed by atoms with Crippen LogP contribution in [0.15, 0.2) is 54.6 Å². The Kier molecular flexibility index (Phi) is 4.74. The van der Waals surface area contributed by atoms with Crippen LogP contribution in [0.2, 0.25) is 0 Å². The molecule has 0 aromatic heterocycles. The molecule has 0 amide bonds. The van der Waals surface area contributed by atoms with E-state index in [1.165, 1.54) is 17.7 Å². The van der Waals surface area contributed by atoms with E-state index >= 15 is 0 Å². The molecular weight excluding hydrogens is 260 g/mol. The summed E-state index contributed by atoms with van der Waals surface area (Å²) >= 11 is 0. The number of benzene rings is 2. The van der Waals surface area contributed by atoms with Crippen LogP contribution in [0.3, 0.4) is 0 Å². The summed E-state index contributed by atoms with van der Waals surface area (Å²) in [6.45, 7) is 5.00. The van der Waals surface area contributed by atoms with Gasteiger partial charge in [0.15, 0.2) is 0 Å². The van der Waals surface area contributed by atoms with Crippen molar-refractivity contribution in [2.45, 2.75) is 13.0 Å². The Bertz CT molecular complexity index is 531. The second-order valence-electron chi connectivity index (χ2n) is 5.36. The lowest BCUT2D eigenvalue weighted by atomic mass is 10.2. The van der Waals surface area contributed by atoms with Gasteiger partial charge in [0.1, 0.15) is 12.4 Å². The molecular formula is C18H22N2O. The predicted molar refractivity (Wildman–Crippen MR) is 86.9 cm³/mol. The first-order valence-corrected chi connectivity index (χ1v) is 7.64. The number of ether oxygens (including phenoxy) is 1. The summed E-state index contributed by atoms with van der Waals surface area (Å²) in [5.41, 5.74) is 2.48. The predicted octanol–water partition coefficient (Wildman–Crippen LogP) is 3.07. The number of rotatable bonds is 4. The zero-order valence-electron chi connectivity index (χ0n) is 12.3. The van der Waals surface area contributed by atoms with Gasteiger partial charge >= 0.3 is 0 Å². The molecule has 1 aliphatic rings. The van der Waals surface area contributed by atoms with Gasteiger partial charge in [0.25, 0.3) is 0 Å². The minimum atomic E-state index is 0.619. The Morgan fingerprint density at radius 2 is 1.71 bits per heavy atom. The van der Waals surface area contributed by atoms with Gasteiger partial charge in [0.05, 0.1) is 0 Å². The van der Waals surface area contributed by atoms with Crippen molar-refractivity contribution < 1.29 is 4.74 Å². The molecule has 2 aromatic carbocycles. The van der Waals surface area contributed by atoms with E-state index in [9.17, 15) is 0 Å². The van der Waals surface area contributed by atoms with Crippen molar-refractivity contribution in [3.8, 4) is 5.75 Å². The number of nitrogens with zero attached hydrogens (tertiary/aromatic N) is 1. The fourth-order valence-corrected chi connectivity index (χ4v) is 2.60. The summed E-state index contributed by atoms with van der Waals surface area (Å²) in [6.07, 6.45) is 1.20. The summed E-state index contributed by atoms with van der Waals surface area (Å²) in [6, 6.07) is 18.7. The Morgan fingerprint density at radius 1 is 0.905 bits per heavy atom. The van der Waals surface area contributed by atoms with Gasteiger partial charge in [-0.1, -0.05) is 30.3 Å². The van der Waals surface area contributed by atoms with Crippen LogP contribution in [-0.4, -0.2) is 26.2 Å². The van der Waals surface area contributed by atoms with E-state index in [1.807, 2.05) is 18.2 Å². The lowest BCUT2D eigenvalue weighted by molar-refractivity contribution is 0.306. The maximum atomic E-state index is 5.83. The molecule has 0 bridgehead atoms. The normalized spacial score (nSPS) is 15.5. The third kappa shape index (κ3) is 3.99. The molecule has 3 rings (SSSR count). The molecule has 1 fully saturated rings. The summed E-state index contributed by atoms with van der Waals surface area (Å²) in [5.74, 6) is 0.926. The van der Waals surface area contributed by atoms with Gasteiger partial charge in [0, 0.05) is 25.3 Å². The second-order valence-corrected chi connectivity index (χ2v) is 5.36. The number of hydrogen-bond donors (Lipinski definition) is 1. The molecule has 1 N–H and O–H groups in total. The van der Waals surface area contributed by atoms with E-state index in [4.69, 9.17) is 4.74 Å². The number of nitrogens with one attached hydrogen (secondary N) is 1. The quantitative estimate of drug-likeness (QED) is 0.932. The van der Waals surface area contributed by atoms with E-state index in [2.05, 4.69) is 46.6 Å². The van der Waals surface area contributed by atoms with Gasteiger partial charge in [-0.05, 0) is 42.8 Å². The van der Waals surface area contributed by atoms with Crippen molar-refractivity contribution in [3.63, 3.8) is 0 Å². The van der Waals surface area contributed by atoms with E-state index in [-0.39, 0.29) is 0 Å². The highest BCUT2D eigenvalue weighted by molar-refractivity contribution is 5.49.